The van der Waals surface area contributed by atoms with E-state index in [1.807, 2.05) is 4.68 Å². The molecule has 2 heterocycles. The van der Waals surface area contributed by atoms with Crippen molar-refractivity contribution in [2.24, 2.45) is 0 Å². The van der Waals surface area contributed by atoms with Crippen LogP contribution in [0.15, 0.2) is 17.9 Å². The molecule has 0 aromatic carbocycles. The van der Waals surface area contributed by atoms with Crippen molar-refractivity contribution in [3.8, 4) is 0 Å². The fourth-order valence-electron chi connectivity index (χ4n) is 1.66. The Bertz CT molecular complexity index is 333. The Morgan fingerprint density at radius 3 is 3.43 bits per heavy atom. The van der Waals surface area contributed by atoms with Crippen molar-refractivity contribution in [3.05, 3.63) is 23.8 Å². The molecule has 0 saturated heterocycles. The molecule has 0 aliphatic carbocycles. The Morgan fingerprint density at radius 2 is 2.64 bits per heavy atom. The van der Waals surface area contributed by atoms with Crippen LogP contribution in [-0.4, -0.2) is 27.4 Å². The second-order valence-electron chi connectivity index (χ2n) is 3.49. The van der Waals surface area contributed by atoms with E-state index in [9.17, 15) is 0 Å². The summed E-state index contributed by atoms with van der Waals surface area (Å²) in [7, 11) is 0. The molecular weight excluding hydrogens is 200 g/mol. The Hall–Kier alpha value is -0.870. The fraction of sp³-hybridized carbons (Fsp3) is 0.556. The van der Waals surface area contributed by atoms with Crippen molar-refractivity contribution in [1.82, 2.24) is 20.1 Å². The van der Waals surface area contributed by atoms with E-state index in [0.717, 1.165) is 25.2 Å². The average Bonchev–Trinajstić information content (AvgIpc) is 2.61. The monoisotopic (exact) mass is 212 g/mol. The molecule has 76 valence electrons. The van der Waals surface area contributed by atoms with Crippen LogP contribution in [0, 0.1) is 0 Å². The van der Waals surface area contributed by atoms with Gasteiger partial charge in [0.1, 0.15) is 12.2 Å². The molecule has 0 bridgehead atoms. The summed E-state index contributed by atoms with van der Waals surface area (Å²) in [5.74, 6) is 1.08. The van der Waals surface area contributed by atoms with Crippen molar-refractivity contribution in [2.75, 3.05) is 6.54 Å². The van der Waals surface area contributed by atoms with Crippen molar-refractivity contribution in [1.29, 1.82) is 0 Å². The first-order valence-electron chi connectivity index (χ1n) is 4.69. The highest BCUT2D eigenvalue weighted by molar-refractivity contribution is 6.29. The molecule has 1 aromatic rings. The number of nitrogens with one attached hydrogen (secondary N) is 1. The minimum absolute atomic E-state index is 0.430. The number of rotatable bonds is 3. The summed E-state index contributed by atoms with van der Waals surface area (Å²) in [5, 5.41) is 8.12. The van der Waals surface area contributed by atoms with Gasteiger partial charge in [0, 0.05) is 24.0 Å². The number of halogens is 1. The van der Waals surface area contributed by atoms with E-state index < -0.39 is 0 Å². The maximum atomic E-state index is 5.68. The molecule has 1 atom stereocenters. The average molecular weight is 213 g/mol. The standard InChI is InChI=1S/C9H13ClN4/c1-7(10)4-11-8-2-3-9-12-6-13-14(9)5-8/h6,8,11H,1-5H2. The molecular formula is C9H13ClN4. The van der Waals surface area contributed by atoms with Crippen LogP contribution in [0.1, 0.15) is 12.2 Å². The smallest absolute Gasteiger partial charge is 0.138 e. The maximum Gasteiger partial charge on any atom is 0.138 e. The maximum absolute atomic E-state index is 5.68. The normalized spacial score (nSPS) is 20.5. The topological polar surface area (TPSA) is 42.7 Å². The zero-order valence-corrected chi connectivity index (χ0v) is 8.67. The molecule has 1 aliphatic rings. The lowest BCUT2D eigenvalue weighted by molar-refractivity contribution is 0.369. The molecule has 14 heavy (non-hydrogen) atoms. The lowest BCUT2D eigenvalue weighted by atomic mass is 10.1. The molecule has 0 fully saturated rings. The molecule has 0 amide bonds. The minimum Gasteiger partial charge on any atom is -0.307 e. The Labute approximate surface area is 88.0 Å². The Kier molecular flexibility index (Phi) is 2.84. The highest BCUT2D eigenvalue weighted by atomic mass is 35.5. The molecule has 1 unspecified atom stereocenters. The van der Waals surface area contributed by atoms with E-state index in [1.54, 1.807) is 6.33 Å². The quantitative estimate of drug-likeness (QED) is 0.811. The number of aryl methyl sites for hydroxylation is 1. The van der Waals surface area contributed by atoms with E-state index in [0.29, 0.717) is 17.6 Å². The summed E-state index contributed by atoms with van der Waals surface area (Å²) in [5.41, 5.74) is 0. The van der Waals surface area contributed by atoms with Gasteiger partial charge in [0.25, 0.3) is 0 Å². The molecule has 5 heteroatoms. The number of hydrogen-bond acceptors (Lipinski definition) is 3. The number of fused-ring (bicyclic) bond motifs is 1. The van der Waals surface area contributed by atoms with Gasteiger partial charge in [-0.3, -0.25) is 0 Å². The Morgan fingerprint density at radius 1 is 1.79 bits per heavy atom. The minimum atomic E-state index is 0.430. The van der Waals surface area contributed by atoms with Crippen molar-refractivity contribution < 1.29 is 0 Å². The van der Waals surface area contributed by atoms with Gasteiger partial charge in [-0.05, 0) is 6.42 Å². The summed E-state index contributed by atoms with van der Waals surface area (Å²) < 4.78 is 1.94. The molecule has 0 saturated carbocycles. The van der Waals surface area contributed by atoms with Gasteiger partial charge in [-0.1, -0.05) is 18.2 Å². The van der Waals surface area contributed by atoms with E-state index in [1.165, 1.54) is 0 Å². The van der Waals surface area contributed by atoms with Crippen LogP contribution < -0.4 is 5.32 Å². The van der Waals surface area contributed by atoms with E-state index in [-0.39, 0.29) is 0 Å². The largest absolute Gasteiger partial charge is 0.307 e. The molecule has 1 N–H and O–H groups in total. The third-order valence-electron chi connectivity index (χ3n) is 2.39. The second kappa shape index (κ2) is 4.11. The van der Waals surface area contributed by atoms with Crippen LogP contribution in [0.2, 0.25) is 0 Å². The first kappa shape index (κ1) is 9.68. The van der Waals surface area contributed by atoms with Crippen molar-refractivity contribution >= 4 is 11.6 Å². The summed E-state index contributed by atoms with van der Waals surface area (Å²) in [6, 6.07) is 0.430. The van der Waals surface area contributed by atoms with Gasteiger partial charge in [0.15, 0.2) is 0 Å². The van der Waals surface area contributed by atoms with Crippen LogP contribution in [-0.2, 0) is 13.0 Å². The third kappa shape index (κ3) is 2.13. The van der Waals surface area contributed by atoms with Crippen LogP contribution in [0.3, 0.4) is 0 Å². The molecule has 1 aliphatic heterocycles. The molecule has 0 radical (unpaired) electrons. The van der Waals surface area contributed by atoms with Gasteiger partial charge in [0.2, 0.25) is 0 Å². The summed E-state index contributed by atoms with van der Waals surface area (Å²) >= 11 is 5.68. The highest BCUT2D eigenvalue weighted by Gasteiger charge is 2.18. The van der Waals surface area contributed by atoms with E-state index in [2.05, 4.69) is 22.0 Å². The Balaban J connectivity index is 1.91. The van der Waals surface area contributed by atoms with Crippen LogP contribution >= 0.6 is 11.6 Å². The first-order chi connectivity index (χ1) is 6.75. The second-order valence-corrected chi connectivity index (χ2v) is 4.03. The van der Waals surface area contributed by atoms with Gasteiger partial charge < -0.3 is 5.32 Å². The third-order valence-corrected chi connectivity index (χ3v) is 2.52. The summed E-state index contributed by atoms with van der Waals surface area (Å²) in [6.45, 7) is 5.18. The predicted octanol–water partition coefficient (Wildman–Crippen LogP) is 0.935. The summed E-state index contributed by atoms with van der Waals surface area (Å²) in [6.07, 6.45) is 3.67. The zero-order chi connectivity index (χ0) is 9.97. The van der Waals surface area contributed by atoms with E-state index >= 15 is 0 Å². The highest BCUT2D eigenvalue weighted by Crippen LogP contribution is 2.11. The molecule has 0 spiro atoms. The van der Waals surface area contributed by atoms with Gasteiger partial charge in [-0.2, -0.15) is 5.10 Å². The molecule has 1 aromatic heterocycles. The van der Waals surface area contributed by atoms with Crippen LogP contribution in [0.25, 0.3) is 0 Å². The van der Waals surface area contributed by atoms with Gasteiger partial charge >= 0.3 is 0 Å². The lowest BCUT2D eigenvalue weighted by Gasteiger charge is -2.23. The summed E-state index contributed by atoms with van der Waals surface area (Å²) in [4.78, 5) is 4.17. The van der Waals surface area contributed by atoms with Crippen molar-refractivity contribution in [3.63, 3.8) is 0 Å². The number of nitrogens with zero attached hydrogens (tertiary/aromatic N) is 3. The first-order valence-corrected chi connectivity index (χ1v) is 5.07. The van der Waals surface area contributed by atoms with E-state index in [4.69, 9.17) is 11.6 Å². The van der Waals surface area contributed by atoms with Crippen LogP contribution in [0.4, 0.5) is 0 Å². The fourth-order valence-corrected chi connectivity index (χ4v) is 1.74. The predicted molar refractivity (Wildman–Crippen MR) is 55.1 cm³/mol. The van der Waals surface area contributed by atoms with Gasteiger partial charge in [-0.25, -0.2) is 9.67 Å². The van der Waals surface area contributed by atoms with Crippen LogP contribution in [0.5, 0.6) is 0 Å². The number of hydrogen-bond donors (Lipinski definition) is 1. The molecule has 2 rings (SSSR count). The lowest BCUT2D eigenvalue weighted by Crippen LogP contribution is -2.38. The van der Waals surface area contributed by atoms with Gasteiger partial charge in [0.05, 0.1) is 6.54 Å². The SMILES string of the molecule is C=C(Cl)CNC1CCc2ncnn2C1. The van der Waals surface area contributed by atoms with Gasteiger partial charge in [-0.15, -0.1) is 0 Å². The number of aromatic nitrogens is 3. The van der Waals surface area contributed by atoms with Crippen molar-refractivity contribution in [2.45, 2.75) is 25.4 Å². The zero-order valence-electron chi connectivity index (χ0n) is 7.91. The molecule has 4 nitrogen and oxygen atoms in total.